The number of benzene rings is 7. The number of anilines is 9. The van der Waals surface area contributed by atoms with Crippen molar-refractivity contribution in [2.45, 2.75) is 69.8 Å². The van der Waals surface area contributed by atoms with Gasteiger partial charge >= 0.3 is 12.1 Å². The van der Waals surface area contributed by atoms with Crippen molar-refractivity contribution in [1.29, 1.82) is 5.26 Å². The van der Waals surface area contributed by atoms with Gasteiger partial charge in [-0.25, -0.2) is 26.4 Å². The van der Waals surface area contributed by atoms with E-state index in [2.05, 4.69) is 54.2 Å². The number of aryl methyl sites for hydroxylation is 1. The number of phenols is 3. The fraction of sp³-hybridized carbons (Fsp3) is 0.206. The minimum Gasteiger partial charge on any atom is -0.506 e. The number of nitrogens with one attached hydrogen (secondary N) is 8. The fourth-order valence-corrected chi connectivity index (χ4v) is 11.7. The van der Waals surface area contributed by atoms with E-state index in [-0.39, 0.29) is 73.2 Å². The number of urea groups is 2. The Balaban J connectivity index is 0.000000290. The first-order chi connectivity index (χ1) is 42.6. The molecule has 0 saturated heterocycles. The number of aromatic hydroxyl groups is 3. The van der Waals surface area contributed by atoms with Crippen LogP contribution >= 0.6 is 23.2 Å². The number of aliphatic imine (C=N–C) groups is 1. The van der Waals surface area contributed by atoms with E-state index >= 15 is 0 Å². The number of amides is 7. The number of nitrogens with zero attached hydrogens (tertiary/aromatic N) is 2. The van der Waals surface area contributed by atoms with E-state index in [4.69, 9.17) is 33.3 Å². The van der Waals surface area contributed by atoms with Gasteiger partial charge in [-0.05, 0) is 135 Å². The normalized spacial score (nSPS) is 11.7. The Morgan fingerprint density at radius 3 is 1.57 bits per heavy atom. The maximum absolute atomic E-state index is 13.1. The molecule has 0 aliphatic rings. The average molecular weight is 1310 g/mol. The van der Waals surface area contributed by atoms with Gasteiger partial charge < -0.3 is 62.6 Å². The SMILES string of the molecule is C=Nc1ccc(NC(=O)Nc2cc(Cl)c(NC(=O)C(CC)S(=O)(=O)c3cccc(C)c3)cc2O)cc1.C=O.CC(C)C(C(=O)Nc1cc(O)c(Nc2ccccc2)cc1Cl)S(C)(=O)=O.CCC(C)C(=O)Nc1ccc(NC(=O)Nc2ccc(C#N)cc2)c(O)c1. The van der Waals surface area contributed by atoms with Gasteiger partial charge in [-0.3, -0.25) is 19.4 Å². The molecule has 0 fully saturated rings. The van der Waals surface area contributed by atoms with Gasteiger partial charge in [0.2, 0.25) is 17.7 Å². The molecular weight excluding hydrogens is 1240 g/mol. The summed E-state index contributed by atoms with van der Waals surface area (Å²) >= 11 is 12.5. The first kappa shape index (κ1) is 72.5. The summed E-state index contributed by atoms with van der Waals surface area (Å²) in [5.41, 5.74) is 4.77. The number of hydrogen-bond donors (Lipinski definition) is 11. The number of phenolic OH excluding ortho intramolecular Hbond substituents is 3. The van der Waals surface area contributed by atoms with Crippen LogP contribution in [-0.2, 0) is 38.9 Å². The monoisotopic (exact) mass is 1310 g/mol. The second kappa shape index (κ2) is 33.9. The number of nitriles is 1. The molecule has 7 rings (SSSR count). The highest BCUT2D eigenvalue weighted by atomic mass is 35.5. The summed E-state index contributed by atoms with van der Waals surface area (Å²) in [7, 11) is -7.55. The molecule has 7 amide bonds. The van der Waals surface area contributed by atoms with Crippen molar-refractivity contribution in [3.8, 4) is 23.3 Å². The van der Waals surface area contributed by atoms with Crippen LogP contribution in [0.25, 0.3) is 0 Å². The van der Waals surface area contributed by atoms with Crippen molar-refractivity contribution in [2.75, 3.05) is 48.8 Å². The number of carbonyl (C=O) groups is 6. The van der Waals surface area contributed by atoms with E-state index in [1.165, 1.54) is 42.5 Å². The largest absolute Gasteiger partial charge is 0.506 e. The van der Waals surface area contributed by atoms with Gasteiger partial charge in [-0.2, -0.15) is 5.26 Å². The van der Waals surface area contributed by atoms with Gasteiger partial charge in [0.05, 0.1) is 60.7 Å². The molecule has 3 unspecified atom stereocenters. The van der Waals surface area contributed by atoms with Gasteiger partial charge in [-0.1, -0.05) is 88.2 Å². The van der Waals surface area contributed by atoms with Crippen molar-refractivity contribution in [1.82, 2.24) is 0 Å². The zero-order valence-corrected chi connectivity index (χ0v) is 53.0. The van der Waals surface area contributed by atoms with Crippen LogP contribution in [0.3, 0.4) is 0 Å². The van der Waals surface area contributed by atoms with Crippen molar-refractivity contribution in [3.05, 3.63) is 167 Å². The molecule has 0 bridgehead atoms. The van der Waals surface area contributed by atoms with Gasteiger partial charge in [0.15, 0.2) is 19.7 Å². The van der Waals surface area contributed by atoms with E-state index in [1.54, 1.807) is 94.4 Å². The highest BCUT2D eigenvalue weighted by Gasteiger charge is 2.34. The van der Waals surface area contributed by atoms with E-state index in [1.807, 2.05) is 57.0 Å². The predicted octanol–water partition coefficient (Wildman–Crippen LogP) is 13.0. The zero-order valence-electron chi connectivity index (χ0n) is 49.9. The number of hydrogen-bond acceptors (Lipinski definition) is 16. The number of rotatable bonds is 19. The van der Waals surface area contributed by atoms with E-state index in [9.17, 15) is 56.1 Å². The number of carbonyl (C=O) groups excluding carboxylic acids is 6. The van der Waals surface area contributed by atoms with Gasteiger partial charge in [0.25, 0.3) is 0 Å². The predicted molar refractivity (Wildman–Crippen MR) is 355 cm³/mol. The summed E-state index contributed by atoms with van der Waals surface area (Å²) < 4.78 is 49.8. The molecule has 3 atom stereocenters. The minimum absolute atomic E-state index is 0.00414. The van der Waals surface area contributed by atoms with Crippen LogP contribution in [0.4, 0.5) is 66.5 Å². The molecular formula is C63H68Cl2N10O13S2. The lowest BCUT2D eigenvalue weighted by molar-refractivity contribution is -0.119. The van der Waals surface area contributed by atoms with Crippen LogP contribution in [0.1, 0.15) is 58.6 Å². The Hall–Kier alpha value is -10.0. The van der Waals surface area contributed by atoms with Gasteiger partial charge in [0, 0.05) is 53.1 Å². The lowest BCUT2D eigenvalue weighted by Gasteiger charge is -2.19. The van der Waals surface area contributed by atoms with Crippen LogP contribution in [0.15, 0.2) is 155 Å². The fourth-order valence-electron chi connectivity index (χ4n) is 8.12. The molecule has 90 heavy (non-hydrogen) atoms. The van der Waals surface area contributed by atoms with Crippen LogP contribution < -0.4 is 42.5 Å². The number of para-hydroxylation sites is 1. The quantitative estimate of drug-likeness (QED) is 0.0265. The molecule has 27 heteroatoms. The molecule has 474 valence electrons. The first-order valence-corrected chi connectivity index (χ1v) is 31.5. The van der Waals surface area contributed by atoms with Crippen molar-refractivity contribution >= 4 is 143 Å². The summed E-state index contributed by atoms with van der Waals surface area (Å²) in [5.74, 6) is -2.83. The number of sulfone groups is 2. The van der Waals surface area contributed by atoms with E-state index < -0.39 is 60.0 Å². The highest BCUT2D eigenvalue weighted by Crippen LogP contribution is 2.37. The summed E-state index contributed by atoms with van der Waals surface area (Å²) in [6, 6.07) is 38.8. The highest BCUT2D eigenvalue weighted by molar-refractivity contribution is 7.93. The number of halogens is 2. The summed E-state index contributed by atoms with van der Waals surface area (Å²) in [6.45, 7) is 15.8. The first-order valence-electron chi connectivity index (χ1n) is 27.2. The van der Waals surface area contributed by atoms with Gasteiger partial charge in [-0.15, -0.1) is 0 Å². The Morgan fingerprint density at radius 2 is 1.07 bits per heavy atom. The molecule has 7 aromatic carbocycles. The molecule has 23 nitrogen and oxygen atoms in total. The minimum atomic E-state index is -3.97. The lowest BCUT2D eigenvalue weighted by Crippen LogP contribution is -2.38. The Labute approximate surface area is 531 Å². The van der Waals surface area contributed by atoms with Crippen LogP contribution in [-0.4, -0.2) is 92.2 Å². The van der Waals surface area contributed by atoms with Crippen molar-refractivity contribution in [3.63, 3.8) is 0 Å². The smallest absolute Gasteiger partial charge is 0.323 e. The molecule has 0 saturated carbocycles. The lowest BCUT2D eigenvalue weighted by atomic mass is 10.1. The molecule has 7 aromatic rings. The van der Waals surface area contributed by atoms with E-state index in [0.717, 1.165) is 23.6 Å². The third-order valence-corrected chi connectivity index (χ3v) is 17.3. The molecule has 0 aliphatic carbocycles. The van der Waals surface area contributed by atoms with E-state index in [0.29, 0.717) is 40.4 Å². The average Bonchev–Trinajstić information content (AvgIpc) is 1.17. The molecule has 0 heterocycles. The maximum Gasteiger partial charge on any atom is 0.323 e. The van der Waals surface area contributed by atoms with Crippen molar-refractivity contribution in [2.24, 2.45) is 16.8 Å². The second-order valence-electron chi connectivity index (χ2n) is 20.0. The molecule has 11 N–H and O–H groups in total. The maximum atomic E-state index is 13.1. The topological polar surface area (TPSA) is 364 Å². The molecule has 0 spiro atoms. The third kappa shape index (κ3) is 21.4. The Morgan fingerprint density at radius 1 is 0.556 bits per heavy atom. The second-order valence-corrected chi connectivity index (χ2v) is 25.1. The van der Waals surface area contributed by atoms with Crippen LogP contribution in [0, 0.1) is 30.1 Å². The van der Waals surface area contributed by atoms with Crippen LogP contribution in [0.2, 0.25) is 10.0 Å². The standard InChI is InChI=1S/C25H25ClN4O5S.C19H20N4O3.C18H21ClN2O4S.CH2O/c1-4-23(36(34,35)18-7-5-6-15(2)12-18)24(32)29-20-14-22(31)21(13-19(20)26)30-25(33)28-17-10-8-16(27-3)9-11-17;1-3-12(2)18(25)21-15-8-9-16(17(24)10-15)23-19(26)22-14-6-4-13(11-20)5-7-14;1-11(2)17(26(3,24)25)18(23)21-14-10-16(22)15(9-13(14)19)20-12-7-5-4-6-8-12;1-2/h5-14,23,31H,3-4H2,1-2H3,(H,29,32)(H2,28,30,33);4-10,12,24H,3H2,1-2H3,(H,21,25)(H2,22,23,26);4-11,17,20,22H,1-3H3,(H,21,23);1H2. The molecule has 0 radical (unpaired) electrons. The summed E-state index contributed by atoms with van der Waals surface area (Å²) in [4.78, 5) is 73.3. The van der Waals surface area contributed by atoms with Crippen LogP contribution in [0.5, 0.6) is 17.2 Å². The van der Waals surface area contributed by atoms with Gasteiger partial charge in [0.1, 0.15) is 34.5 Å². The molecule has 0 aromatic heterocycles. The Kier molecular flexibility index (Phi) is 27.3. The summed E-state index contributed by atoms with van der Waals surface area (Å²) in [5, 5.41) is 57.8. The summed E-state index contributed by atoms with van der Waals surface area (Å²) in [6.07, 6.45) is 1.76. The third-order valence-electron chi connectivity index (χ3n) is 12.8. The zero-order chi connectivity index (χ0) is 67.0. The Bertz CT molecular complexity index is 3970. The van der Waals surface area contributed by atoms with Crippen molar-refractivity contribution < 1.29 is 60.9 Å². The molecule has 0 aliphatic heterocycles.